The number of ether oxygens (including phenoxy) is 2. The third-order valence-corrected chi connectivity index (χ3v) is 3.38. The lowest BCUT2D eigenvalue weighted by atomic mass is 10.2. The monoisotopic (exact) mass is 353 g/mol. The topological polar surface area (TPSA) is 101 Å². The van der Waals surface area contributed by atoms with Gasteiger partial charge < -0.3 is 20.1 Å². The molecule has 0 fully saturated rings. The van der Waals surface area contributed by atoms with Crippen molar-refractivity contribution in [3.05, 3.63) is 60.8 Å². The zero-order valence-electron chi connectivity index (χ0n) is 14.4. The van der Waals surface area contributed by atoms with Gasteiger partial charge in [-0.1, -0.05) is 18.2 Å². The lowest BCUT2D eigenvalue weighted by molar-refractivity contribution is -0.113. The highest BCUT2D eigenvalue weighted by Gasteiger charge is 2.16. The van der Waals surface area contributed by atoms with Crippen molar-refractivity contribution in [2.75, 3.05) is 24.9 Å². The van der Waals surface area contributed by atoms with E-state index >= 15 is 0 Å². The SMILES string of the molecule is COc1cccc(NC(=O)C(=N)C(=O)/C=C\Nc2ccccc2OC)c1. The van der Waals surface area contributed by atoms with Crippen molar-refractivity contribution in [2.45, 2.75) is 0 Å². The van der Waals surface area contributed by atoms with Crippen LogP contribution in [-0.4, -0.2) is 31.6 Å². The molecule has 0 heterocycles. The zero-order chi connectivity index (χ0) is 18.9. The number of hydrogen-bond acceptors (Lipinski definition) is 6. The van der Waals surface area contributed by atoms with Gasteiger partial charge in [0.15, 0.2) is 5.71 Å². The number of benzene rings is 2. The number of carbonyl (C=O) groups is 2. The summed E-state index contributed by atoms with van der Waals surface area (Å²) < 4.78 is 10.2. The van der Waals surface area contributed by atoms with Gasteiger partial charge in [0.05, 0.1) is 19.9 Å². The fourth-order valence-electron chi connectivity index (χ4n) is 2.06. The molecule has 0 aliphatic carbocycles. The summed E-state index contributed by atoms with van der Waals surface area (Å²) in [5, 5.41) is 13.1. The van der Waals surface area contributed by atoms with Gasteiger partial charge in [-0.2, -0.15) is 0 Å². The van der Waals surface area contributed by atoms with Gasteiger partial charge in [0.2, 0.25) is 5.78 Å². The fourth-order valence-corrected chi connectivity index (χ4v) is 2.06. The first kappa shape index (κ1) is 18.7. The maximum Gasteiger partial charge on any atom is 0.277 e. The van der Waals surface area contributed by atoms with E-state index in [-0.39, 0.29) is 0 Å². The molecule has 0 saturated heterocycles. The maximum atomic E-state index is 12.0. The highest BCUT2D eigenvalue weighted by atomic mass is 16.5. The summed E-state index contributed by atoms with van der Waals surface area (Å²) in [7, 11) is 3.04. The van der Waals surface area contributed by atoms with E-state index in [4.69, 9.17) is 14.9 Å². The van der Waals surface area contributed by atoms with E-state index in [1.165, 1.54) is 20.4 Å². The van der Waals surface area contributed by atoms with Gasteiger partial charge >= 0.3 is 0 Å². The Morgan fingerprint density at radius 3 is 2.54 bits per heavy atom. The first-order valence-electron chi connectivity index (χ1n) is 7.69. The summed E-state index contributed by atoms with van der Waals surface area (Å²) in [5.41, 5.74) is 0.417. The Morgan fingerprint density at radius 1 is 1.04 bits per heavy atom. The minimum absolute atomic E-state index is 0.433. The molecule has 3 N–H and O–H groups in total. The molecule has 1 amide bonds. The molecule has 0 saturated carbocycles. The summed E-state index contributed by atoms with van der Waals surface area (Å²) in [6.07, 6.45) is 2.47. The Hall–Kier alpha value is -3.61. The van der Waals surface area contributed by atoms with E-state index in [0.717, 1.165) is 6.08 Å². The van der Waals surface area contributed by atoms with Crippen LogP contribution >= 0.6 is 0 Å². The van der Waals surface area contributed by atoms with Crippen LogP contribution in [0.25, 0.3) is 0 Å². The lowest BCUT2D eigenvalue weighted by Crippen LogP contribution is -2.28. The standard InChI is InChI=1S/C19H19N3O4/c1-25-14-7-5-6-13(12-14)22-19(24)18(20)16(23)10-11-21-15-8-3-4-9-17(15)26-2/h3-12,20-21H,1-2H3,(H,22,24)/b11-10-,20-18?. The van der Waals surface area contributed by atoms with Gasteiger partial charge in [0.25, 0.3) is 5.91 Å². The highest BCUT2D eigenvalue weighted by molar-refractivity contribution is 6.68. The maximum absolute atomic E-state index is 12.0. The van der Waals surface area contributed by atoms with Crippen molar-refractivity contribution in [3.63, 3.8) is 0 Å². The normalized spacial score (nSPS) is 10.2. The molecule has 26 heavy (non-hydrogen) atoms. The Bertz CT molecular complexity index is 846. The van der Waals surface area contributed by atoms with Crippen molar-refractivity contribution in [1.82, 2.24) is 0 Å². The van der Waals surface area contributed by atoms with Gasteiger partial charge in [0.1, 0.15) is 11.5 Å². The average molecular weight is 353 g/mol. The zero-order valence-corrected chi connectivity index (χ0v) is 14.4. The molecule has 0 unspecified atom stereocenters. The van der Waals surface area contributed by atoms with Crippen molar-refractivity contribution in [3.8, 4) is 11.5 Å². The number of rotatable bonds is 8. The van der Waals surface area contributed by atoms with Crippen LogP contribution in [-0.2, 0) is 9.59 Å². The van der Waals surface area contributed by atoms with E-state index in [9.17, 15) is 9.59 Å². The molecule has 2 rings (SSSR count). The van der Waals surface area contributed by atoms with Crippen LogP contribution < -0.4 is 20.1 Å². The van der Waals surface area contributed by atoms with Crippen molar-refractivity contribution < 1.29 is 19.1 Å². The van der Waals surface area contributed by atoms with Gasteiger partial charge in [-0.15, -0.1) is 0 Å². The van der Waals surface area contributed by atoms with Crippen LogP contribution in [0.4, 0.5) is 11.4 Å². The van der Waals surface area contributed by atoms with Gasteiger partial charge in [-0.25, -0.2) is 0 Å². The fraction of sp³-hybridized carbons (Fsp3) is 0.105. The molecule has 0 aliphatic rings. The van der Waals surface area contributed by atoms with Crippen molar-refractivity contribution in [1.29, 1.82) is 5.41 Å². The molecule has 0 spiro atoms. The number of nitrogens with one attached hydrogen (secondary N) is 3. The summed E-state index contributed by atoms with van der Waals surface area (Å²) in [6, 6.07) is 13.8. The molecular weight excluding hydrogens is 334 g/mol. The van der Waals surface area contributed by atoms with E-state index < -0.39 is 17.4 Å². The van der Waals surface area contributed by atoms with Crippen LogP contribution in [0.5, 0.6) is 11.5 Å². The van der Waals surface area contributed by atoms with Gasteiger partial charge in [-0.3, -0.25) is 15.0 Å². The summed E-state index contributed by atoms with van der Waals surface area (Å²) in [5.74, 6) is -0.366. The average Bonchev–Trinajstić information content (AvgIpc) is 2.67. The van der Waals surface area contributed by atoms with E-state index in [1.54, 1.807) is 36.4 Å². The minimum Gasteiger partial charge on any atom is -0.497 e. The largest absolute Gasteiger partial charge is 0.497 e. The molecule has 0 radical (unpaired) electrons. The first-order valence-corrected chi connectivity index (χ1v) is 7.69. The van der Waals surface area contributed by atoms with Crippen molar-refractivity contribution >= 4 is 28.8 Å². The van der Waals surface area contributed by atoms with Gasteiger partial charge in [-0.05, 0) is 24.3 Å². The number of amides is 1. The summed E-state index contributed by atoms with van der Waals surface area (Å²) in [4.78, 5) is 24.0. The molecule has 7 nitrogen and oxygen atoms in total. The quantitative estimate of drug-likeness (QED) is 0.385. The molecule has 134 valence electrons. The molecule has 2 aromatic rings. The number of ketones is 1. The van der Waals surface area contributed by atoms with Gasteiger partial charge in [0, 0.05) is 24.0 Å². The Labute approximate surface area is 151 Å². The third kappa shape index (κ3) is 4.94. The van der Waals surface area contributed by atoms with Crippen LogP contribution in [0.2, 0.25) is 0 Å². The second-order valence-corrected chi connectivity index (χ2v) is 5.10. The number of allylic oxidation sites excluding steroid dienone is 1. The number of methoxy groups -OCH3 is 2. The molecule has 0 aromatic heterocycles. The number of hydrogen-bond donors (Lipinski definition) is 3. The predicted octanol–water partition coefficient (Wildman–Crippen LogP) is 2.86. The van der Waals surface area contributed by atoms with E-state index in [2.05, 4.69) is 10.6 Å². The number of carbonyl (C=O) groups excluding carboxylic acids is 2. The highest BCUT2D eigenvalue weighted by Crippen LogP contribution is 2.22. The molecule has 0 aliphatic heterocycles. The minimum atomic E-state index is -0.801. The summed E-state index contributed by atoms with van der Waals surface area (Å²) >= 11 is 0. The molecule has 0 atom stereocenters. The van der Waals surface area contributed by atoms with Crippen LogP contribution in [0.15, 0.2) is 60.8 Å². The summed E-state index contributed by atoms with van der Waals surface area (Å²) in [6.45, 7) is 0. The second-order valence-electron chi connectivity index (χ2n) is 5.10. The molecule has 0 bridgehead atoms. The number of anilines is 2. The number of para-hydroxylation sites is 2. The molecule has 7 heteroatoms. The Kier molecular flexibility index (Phi) is 6.50. The third-order valence-electron chi connectivity index (χ3n) is 3.38. The van der Waals surface area contributed by atoms with Crippen LogP contribution in [0.3, 0.4) is 0 Å². The second kappa shape index (κ2) is 9.03. The predicted molar refractivity (Wildman–Crippen MR) is 100 cm³/mol. The van der Waals surface area contributed by atoms with Crippen LogP contribution in [0, 0.1) is 5.41 Å². The van der Waals surface area contributed by atoms with Crippen LogP contribution in [0.1, 0.15) is 0 Å². The first-order chi connectivity index (χ1) is 12.5. The Morgan fingerprint density at radius 2 is 1.81 bits per heavy atom. The van der Waals surface area contributed by atoms with Crippen molar-refractivity contribution in [2.24, 2.45) is 0 Å². The van der Waals surface area contributed by atoms with E-state index in [1.807, 2.05) is 12.1 Å². The molecular formula is C19H19N3O4. The lowest BCUT2D eigenvalue weighted by Gasteiger charge is -2.07. The van der Waals surface area contributed by atoms with E-state index in [0.29, 0.717) is 22.9 Å². The Balaban J connectivity index is 1.95. The molecule has 2 aromatic carbocycles. The smallest absolute Gasteiger partial charge is 0.277 e.